The lowest BCUT2D eigenvalue weighted by molar-refractivity contribution is -0.145. The van der Waals surface area contributed by atoms with E-state index in [0.29, 0.717) is 33.0 Å². The minimum absolute atomic E-state index is 0.178. The molecule has 0 bridgehead atoms. The van der Waals surface area contributed by atoms with Gasteiger partial charge in [0.2, 0.25) is 0 Å². The molecular weight excluding hydrogens is 528 g/mol. The monoisotopic (exact) mass is 556 g/mol. The normalized spacial score (nSPS) is 15.0. The minimum atomic E-state index is -0.692. The fraction of sp³-hybridized carbons (Fsp3) is 0.226. The number of rotatable bonds is 8. The summed E-state index contributed by atoms with van der Waals surface area (Å²) in [5, 5.41) is 1.95. The van der Waals surface area contributed by atoms with E-state index in [0.717, 1.165) is 21.9 Å². The maximum atomic E-state index is 13.9. The maximum absolute atomic E-state index is 13.9. The van der Waals surface area contributed by atoms with Gasteiger partial charge in [0.05, 0.1) is 35.1 Å². The third-order valence-corrected chi connectivity index (χ3v) is 7.46. The molecule has 2 heterocycles. The summed E-state index contributed by atoms with van der Waals surface area (Å²) in [5.74, 6) is -0.419. The van der Waals surface area contributed by atoms with Gasteiger partial charge in [-0.25, -0.2) is 14.6 Å². The number of esters is 2. The van der Waals surface area contributed by atoms with Crippen molar-refractivity contribution < 1.29 is 23.8 Å². The van der Waals surface area contributed by atoms with Crippen molar-refractivity contribution in [2.45, 2.75) is 26.8 Å². The summed E-state index contributed by atoms with van der Waals surface area (Å²) in [5.41, 5.74) is 2.22. The molecular formula is C31H28N2O6S. The second-order valence-electron chi connectivity index (χ2n) is 9.03. The lowest BCUT2D eigenvalue weighted by Crippen LogP contribution is -2.40. The molecule has 5 rings (SSSR count). The van der Waals surface area contributed by atoms with Crippen molar-refractivity contribution in [2.24, 2.45) is 4.99 Å². The molecule has 40 heavy (non-hydrogen) atoms. The van der Waals surface area contributed by atoms with E-state index < -0.39 is 18.0 Å². The molecule has 4 aromatic rings. The smallest absolute Gasteiger partial charge is 0.344 e. The molecule has 8 nitrogen and oxygen atoms in total. The number of ether oxygens (including phenoxy) is 3. The number of fused-ring (bicyclic) bond motifs is 2. The van der Waals surface area contributed by atoms with Crippen LogP contribution in [-0.2, 0) is 19.1 Å². The Morgan fingerprint density at radius 1 is 0.975 bits per heavy atom. The van der Waals surface area contributed by atoms with Crippen molar-refractivity contribution in [2.75, 3.05) is 19.8 Å². The molecule has 0 spiro atoms. The number of benzene rings is 3. The van der Waals surface area contributed by atoms with E-state index in [-0.39, 0.29) is 18.8 Å². The zero-order chi connectivity index (χ0) is 28.2. The van der Waals surface area contributed by atoms with Crippen molar-refractivity contribution in [3.05, 3.63) is 109 Å². The molecule has 9 heteroatoms. The third kappa shape index (κ3) is 5.33. The molecule has 0 amide bonds. The van der Waals surface area contributed by atoms with Gasteiger partial charge >= 0.3 is 11.9 Å². The van der Waals surface area contributed by atoms with Gasteiger partial charge in [0, 0.05) is 0 Å². The summed E-state index contributed by atoms with van der Waals surface area (Å²) in [7, 11) is 0. The predicted octanol–water partition coefficient (Wildman–Crippen LogP) is 3.89. The van der Waals surface area contributed by atoms with Crippen molar-refractivity contribution in [3.8, 4) is 5.75 Å². The van der Waals surface area contributed by atoms with Crippen molar-refractivity contribution in [1.29, 1.82) is 0 Å². The van der Waals surface area contributed by atoms with Crippen LogP contribution in [0.5, 0.6) is 5.75 Å². The summed E-state index contributed by atoms with van der Waals surface area (Å²) < 4.78 is 17.8. The van der Waals surface area contributed by atoms with Crippen molar-refractivity contribution in [1.82, 2.24) is 4.57 Å². The first-order chi connectivity index (χ1) is 19.4. The van der Waals surface area contributed by atoms with Gasteiger partial charge in [-0.1, -0.05) is 65.9 Å². The number of allylic oxidation sites excluding steroid dienone is 1. The average molecular weight is 557 g/mol. The molecule has 3 aromatic carbocycles. The fourth-order valence-electron chi connectivity index (χ4n) is 4.73. The number of carbonyl (C=O) groups excluding carboxylic acids is 2. The van der Waals surface area contributed by atoms with Crippen LogP contribution < -0.4 is 19.6 Å². The average Bonchev–Trinajstić information content (AvgIpc) is 3.25. The molecule has 0 saturated heterocycles. The van der Waals surface area contributed by atoms with Crippen molar-refractivity contribution >= 4 is 40.1 Å². The number of thiazole rings is 1. The van der Waals surface area contributed by atoms with Gasteiger partial charge in [-0.15, -0.1) is 0 Å². The first-order valence-corrected chi connectivity index (χ1v) is 13.8. The maximum Gasteiger partial charge on any atom is 0.344 e. The first-order valence-electron chi connectivity index (χ1n) is 13.0. The Hall–Kier alpha value is -4.50. The molecule has 1 atom stereocenters. The number of aromatic nitrogens is 1. The standard InChI is InChI=1S/C31H28N2O6S/c1-4-37-26(34)18-39-22-15-13-20(14-16-22)17-25-29(35)33-28(24-12-8-10-21-9-6-7-11-23(21)24)27(30(36)38-5-2)19(3)32-31(33)40-25/h6-17,28H,4-5,18H2,1-3H3/b25-17+/t28-/m0/s1. The Morgan fingerprint density at radius 2 is 1.70 bits per heavy atom. The molecule has 0 N–H and O–H groups in total. The molecule has 0 aliphatic carbocycles. The lowest BCUT2D eigenvalue weighted by Gasteiger charge is -2.25. The van der Waals surface area contributed by atoms with Gasteiger partial charge in [0.1, 0.15) is 5.75 Å². The van der Waals surface area contributed by atoms with E-state index in [4.69, 9.17) is 14.2 Å². The highest BCUT2D eigenvalue weighted by atomic mass is 32.1. The first kappa shape index (κ1) is 27.1. The fourth-order valence-corrected chi connectivity index (χ4v) is 5.78. The highest BCUT2D eigenvalue weighted by molar-refractivity contribution is 7.07. The van der Waals surface area contributed by atoms with Crippen LogP contribution in [0.3, 0.4) is 0 Å². The summed E-state index contributed by atoms with van der Waals surface area (Å²) in [6, 6.07) is 20.1. The Balaban J connectivity index is 1.59. The van der Waals surface area contributed by atoms with E-state index in [1.165, 1.54) is 11.3 Å². The van der Waals surface area contributed by atoms with Gasteiger partial charge in [-0.2, -0.15) is 0 Å². The number of hydrogen-bond acceptors (Lipinski definition) is 8. The largest absolute Gasteiger partial charge is 0.482 e. The second-order valence-corrected chi connectivity index (χ2v) is 10.0. The van der Waals surface area contributed by atoms with Crippen LogP contribution in [0.2, 0.25) is 0 Å². The summed E-state index contributed by atoms with van der Waals surface area (Å²) >= 11 is 1.26. The van der Waals surface area contributed by atoms with E-state index in [1.54, 1.807) is 55.7 Å². The van der Waals surface area contributed by atoms with Crippen LogP contribution >= 0.6 is 11.3 Å². The Morgan fingerprint density at radius 3 is 2.45 bits per heavy atom. The van der Waals surface area contributed by atoms with Crippen LogP contribution in [0.1, 0.15) is 37.9 Å². The summed E-state index contributed by atoms with van der Waals surface area (Å²) in [6.07, 6.45) is 1.78. The highest BCUT2D eigenvalue weighted by Gasteiger charge is 2.34. The van der Waals surface area contributed by atoms with Crippen LogP contribution in [0, 0.1) is 0 Å². The SMILES string of the molecule is CCOC(=O)COc1ccc(/C=c2/sc3n(c2=O)[C@@H](c2cccc4ccccc24)C(C(=O)OCC)=C(C)N=3)cc1. The quantitative estimate of drug-likeness (QED) is 0.306. The third-order valence-electron chi connectivity index (χ3n) is 6.47. The number of hydrogen-bond donors (Lipinski definition) is 0. The van der Waals surface area contributed by atoms with E-state index >= 15 is 0 Å². The Labute approximate surface area is 234 Å². The molecule has 1 aromatic heterocycles. The van der Waals surface area contributed by atoms with Crippen LogP contribution in [0.25, 0.3) is 16.8 Å². The number of carbonyl (C=O) groups is 2. The molecule has 204 valence electrons. The van der Waals surface area contributed by atoms with E-state index in [1.807, 2.05) is 42.5 Å². The zero-order valence-electron chi connectivity index (χ0n) is 22.4. The minimum Gasteiger partial charge on any atom is -0.482 e. The summed E-state index contributed by atoms with van der Waals surface area (Å²) in [4.78, 5) is 43.8. The second kappa shape index (κ2) is 11.7. The van der Waals surface area contributed by atoms with Gasteiger partial charge in [-0.05, 0) is 60.9 Å². The zero-order valence-corrected chi connectivity index (χ0v) is 23.2. The number of nitrogens with zero attached hydrogens (tertiary/aromatic N) is 2. The predicted molar refractivity (Wildman–Crippen MR) is 153 cm³/mol. The molecule has 1 aliphatic heterocycles. The van der Waals surface area contributed by atoms with Gasteiger partial charge in [-0.3, -0.25) is 9.36 Å². The van der Waals surface area contributed by atoms with E-state index in [9.17, 15) is 14.4 Å². The molecule has 0 fully saturated rings. The molecule has 1 aliphatic rings. The van der Waals surface area contributed by atoms with Crippen LogP contribution in [0.15, 0.2) is 87.8 Å². The van der Waals surface area contributed by atoms with Gasteiger partial charge in [0.15, 0.2) is 11.4 Å². The van der Waals surface area contributed by atoms with Crippen LogP contribution in [-0.4, -0.2) is 36.3 Å². The van der Waals surface area contributed by atoms with E-state index in [2.05, 4.69) is 4.99 Å². The highest BCUT2D eigenvalue weighted by Crippen LogP contribution is 2.34. The Bertz CT molecular complexity index is 1790. The van der Waals surface area contributed by atoms with Crippen molar-refractivity contribution in [3.63, 3.8) is 0 Å². The molecule has 0 unspecified atom stereocenters. The topological polar surface area (TPSA) is 96.2 Å². The van der Waals surface area contributed by atoms with Gasteiger partial charge < -0.3 is 14.2 Å². The molecule has 0 radical (unpaired) electrons. The lowest BCUT2D eigenvalue weighted by atomic mass is 9.91. The molecule has 0 saturated carbocycles. The van der Waals surface area contributed by atoms with Crippen LogP contribution in [0.4, 0.5) is 0 Å². The van der Waals surface area contributed by atoms with Gasteiger partial charge in [0.25, 0.3) is 5.56 Å². The Kier molecular flexibility index (Phi) is 7.93. The summed E-state index contributed by atoms with van der Waals surface area (Å²) in [6.45, 7) is 5.59.